The maximum absolute atomic E-state index is 13.7. The standard InChI is InChI=1S/C19H19FN4O5S/c1-19(16(25)23-18(27)24-19)12-5-3-4-11(8-12)10-21-17(26)22-13-6-7-14(20)15(9-13)30(2,28)29/h3-9H,10H2,1-2H3,(H2,21,22,26)(H2,23,24,25,27). The molecule has 4 N–H and O–H groups in total. The van der Waals surface area contributed by atoms with Crippen molar-refractivity contribution >= 4 is 33.5 Å². The average molecular weight is 434 g/mol. The molecule has 0 radical (unpaired) electrons. The van der Waals surface area contributed by atoms with E-state index in [1.165, 1.54) is 6.07 Å². The van der Waals surface area contributed by atoms with Crippen LogP contribution in [0.5, 0.6) is 0 Å². The van der Waals surface area contributed by atoms with Crippen molar-refractivity contribution in [3.8, 4) is 0 Å². The smallest absolute Gasteiger partial charge is 0.322 e. The second-order valence-electron chi connectivity index (χ2n) is 6.96. The van der Waals surface area contributed by atoms with Gasteiger partial charge in [0.05, 0.1) is 0 Å². The van der Waals surface area contributed by atoms with Crippen molar-refractivity contribution in [2.75, 3.05) is 11.6 Å². The highest BCUT2D eigenvalue weighted by molar-refractivity contribution is 7.90. The number of sulfone groups is 1. The second kappa shape index (κ2) is 7.75. The first-order chi connectivity index (χ1) is 14.0. The van der Waals surface area contributed by atoms with Gasteiger partial charge in [0, 0.05) is 18.5 Å². The van der Waals surface area contributed by atoms with E-state index in [1.807, 2.05) is 0 Å². The Labute approximate surface area is 172 Å². The minimum absolute atomic E-state index is 0.0887. The topological polar surface area (TPSA) is 133 Å². The molecule has 2 aromatic rings. The summed E-state index contributed by atoms with van der Waals surface area (Å²) in [6.45, 7) is 1.66. The highest BCUT2D eigenvalue weighted by Crippen LogP contribution is 2.25. The van der Waals surface area contributed by atoms with Gasteiger partial charge in [0.25, 0.3) is 5.91 Å². The van der Waals surface area contributed by atoms with E-state index in [2.05, 4.69) is 21.3 Å². The van der Waals surface area contributed by atoms with Crippen molar-refractivity contribution in [1.82, 2.24) is 16.0 Å². The molecule has 9 nitrogen and oxygen atoms in total. The molecule has 1 fully saturated rings. The van der Waals surface area contributed by atoms with E-state index < -0.39 is 44.1 Å². The largest absolute Gasteiger partial charge is 0.334 e. The Hall–Kier alpha value is -3.47. The Balaban J connectivity index is 1.68. The summed E-state index contributed by atoms with van der Waals surface area (Å²) in [5, 5.41) is 9.78. The van der Waals surface area contributed by atoms with Crippen LogP contribution in [0.25, 0.3) is 0 Å². The molecule has 1 unspecified atom stereocenters. The normalized spacial score (nSPS) is 18.5. The number of carbonyl (C=O) groups is 3. The molecule has 1 aliphatic rings. The van der Waals surface area contributed by atoms with Crippen LogP contribution < -0.4 is 21.3 Å². The van der Waals surface area contributed by atoms with Crippen LogP contribution in [0.3, 0.4) is 0 Å². The Kier molecular flexibility index (Phi) is 5.49. The molecule has 158 valence electrons. The van der Waals surface area contributed by atoms with E-state index in [0.717, 1.165) is 18.4 Å². The van der Waals surface area contributed by atoms with E-state index in [4.69, 9.17) is 0 Å². The van der Waals surface area contributed by atoms with Gasteiger partial charge >= 0.3 is 12.1 Å². The van der Waals surface area contributed by atoms with Crippen LogP contribution in [0.15, 0.2) is 47.4 Å². The molecule has 0 spiro atoms. The third-order valence-electron chi connectivity index (χ3n) is 4.59. The quantitative estimate of drug-likeness (QED) is 0.531. The maximum Gasteiger partial charge on any atom is 0.322 e. The average Bonchev–Trinajstić information content (AvgIpc) is 2.94. The number of nitrogens with one attached hydrogen (secondary N) is 4. The van der Waals surface area contributed by atoms with Crippen molar-refractivity contribution in [1.29, 1.82) is 0 Å². The minimum Gasteiger partial charge on any atom is -0.334 e. The van der Waals surface area contributed by atoms with Crippen molar-refractivity contribution in [2.24, 2.45) is 0 Å². The number of urea groups is 2. The molecule has 0 aliphatic carbocycles. The van der Waals surface area contributed by atoms with Crippen LogP contribution in [0.1, 0.15) is 18.1 Å². The lowest BCUT2D eigenvalue weighted by atomic mass is 9.91. The van der Waals surface area contributed by atoms with Crippen LogP contribution >= 0.6 is 0 Å². The Bertz CT molecular complexity index is 1150. The fourth-order valence-corrected chi connectivity index (χ4v) is 3.72. The summed E-state index contributed by atoms with van der Waals surface area (Å²) in [4.78, 5) is 35.1. The number of rotatable bonds is 5. The van der Waals surface area contributed by atoms with Gasteiger partial charge in [-0.15, -0.1) is 0 Å². The summed E-state index contributed by atoms with van der Waals surface area (Å²) in [5.74, 6) is -1.38. The van der Waals surface area contributed by atoms with Gasteiger partial charge in [0.2, 0.25) is 0 Å². The summed E-state index contributed by atoms with van der Waals surface area (Å²) < 4.78 is 36.8. The zero-order valence-electron chi connectivity index (χ0n) is 16.1. The molecular formula is C19H19FN4O5S. The van der Waals surface area contributed by atoms with E-state index in [9.17, 15) is 27.2 Å². The monoisotopic (exact) mass is 434 g/mol. The SMILES string of the molecule is CC1(c2cccc(CNC(=O)Nc3ccc(F)c(S(C)(=O)=O)c3)c2)NC(=O)NC1=O. The van der Waals surface area contributed by atoms with Crippen LogP contribution in [0.4, 0.5) is 19.7 Å². The first kappa shape index (κ1) is 21.2. The fourth-order valence-electron chi connectivity index (χ4n) is 2.96. The zero-order valence-corrected chi connectivity index (χ0v) is 16.9. The van der Waals surface area contributed by atoms with Crippen LogP contribution in [-0.2, 0) is 26.7 Å². The van der Waals surface area contributed by atoms with Gasteiger partial charge in [-0.25, -0.2) is 22.4 Å². The van der Waals surface area contributed by atoms with Gasteiger partial charge in [-0.05, 0) is 36.2 Å². The van der Waals surface area contributed by atoms with Crippen LogP contribution in [-0.4, -0.2) is 32.6 Å². The number of anilines is 1. The van der Waals surface area contributed by atoms with Crippen LogP contribution in [0.2, 0.25) is 0 Å². The highest BCUT2D eigenvalue weighted by Gasteiger charge is 2.43. The second-order valence-corrected chi connectivity index (χ2v) is 8.94. The lowest BCUT2D eigenvalue weighted by molar-refractivity contribution is -0.123. The lowest BCUT2D eigenvalue weighted by Gasteiger charge is -2.21. The van der Waals surface area contributed by atoms with Crippen LogP contribution in [0, 0.1) is 5.82 Å². The number of hydrogen-bond acceptors (Lipinski definition) is 5. The van der Waals surface area contributed by atoms with E-state index >= 15 is 0 Å². The Morgan fingerprint density at radius 2 is 1.90 bits per heavy atom. The molecule has 1 aliphatic heterocycles. The molecule has 11 heteroatoms. The molecule has 0 saturated carbocycles. The maximum atomic E-state index is 13.7. The number of hydrogen-bond donors (Lipinski definition) is 4. The summed E-state index contributed by atoms with van der Waals surface area (Å²) in [7, 11) is -3.78. The molecule has 30 heavy (non-hydrogen) atoms. The minimum atomic E-state index is -3.78. The third kappa shape index (κ3) is 4.40. The van der Waals surface area contributed by atoms with Gasteiger partial charge in [-0.1, -0.05) is 24.3 Å². The summed E-state index contributed by atoms with van der Waals surface area (Å²) in [6, 6.07) is 8.78. The lowest BCUT2D eigenvalue weighted by Crippen LogP contribution is -2.40. The number of carbonyl (C=O) groups excluding carboxylic acids is 3. The highest BCUT2D eigenvalue weighted by atomic mass is 32.2. The van der Waals surface area contributed by atoms with Gasteiger partial charge in [0.15, 0.2) is 9.84 Å². The molecule has 1 heterocycles. The molecule has 1 saturated heterocycles. The molecule has 0 aromatic heterocycles. The van der Waals surface area contributed by atoms with Gasteiger partial charge in [-0.2, -0.15) is 0 Å². The van der Waals surface area contributed by atoms with Gasteiger partial charge < -0.3 is 16.0 Å². The zero-order chi connectivity index (χ0) is 22.1. The van der Waals surface area contributed by atoms with E-state index in [-0.39, 0.29) is 12.2 Å². The third-order valence-corrected chi connectivity index (χ3v) is 5.70. The first-order valence-electron chi connectivity index (χ1n) is 8.76. The van der Waals surface area contributed by atoms with E-state index in [1.54, 1.807) is 31.2 Å². The van der Waals surface area contributed by atoms with Gasteiger partial charge in [-0.3, -0.25) is 10.1 Å². The van der Waals surface area contributed by atoms with Crippen molar-refractivity contribution in [3.63, 3.8) is 0 Å². The van der Waals surface area contributed by atoms with Gasteiger partial charge in [0.1, 0.15) is 16.3 Å². The summed E-state index contributed by atoms with van der Waals surface area (Å²) >= 11 is 0. The molecule has 5 amide bonds. The summed E-state index contributed by atoms with van der Waals surface area (Å²) in [5.41, 5.74) is 0.0995. The van der Waals surface area contributed by atoms with Crippen molar-refractivity contribution < 1.29 is 27.2 Å². The Morgan fingerprint density at radius 1 is 1.17 bits per heavy atom. The number of amides is 5. The fraction of sp³-hybridized carbons (Fsp3) is 0.211. The van der Waals surface area contributed by atoms with Crippen molar-refractivity contribution in [2.45, 2.75) is 23.9 Å². The number of imide groups is 1. The predicted octanol–water partition coefficient (Wildman–Crippen LogP) is 1.61. The molecule has 1 atom stereocenters. The molecule has 0 bridgehead atoms. The van der Waals surface area contributed by atoms with Crippen molar-refractivity contribution in [3.05, 3.63) is 59.4 Å². The first-order valence-corrected chi connectivity index (χ1v) is 10.7. The van der Waals surface area contributed by atoms with E-state index in [0.29, 0.717) is 11.1 Å². The Morgan fingerprint density at radius 3 is 2.53 bits per heavy atom. The molecular weight excluding hydrogens is 415 g/mol. The number of benzene rings is 2. The molecule has 3 rings (SSSR count). The molecule has 2 aromatic carbocycles. The number of halogens is 1. The predicted molar refractivity (Wildman–Crippen MR) is 106 cm³/mol. The summed E-state index contributed by atoms with van der Waals surface area (Å²) in [6.07, 6.45) is 0.871.